The van der Waals surface area contributed by atoms with Crippen LogP contribution >= 0.6 is 0 Å². The number of halogens is 3. The fourth-order valence-corrected chi connectivity index (χ4v) is 4.00. The number of amides is 2. The van der Waals surface area contributed by atoms with E-state index in [0.29, 0.717) is 43.9 Å². The number of hydrogen-bond acceptors (Lipinski definition) is 4. The number of carbonyl (C=O) groups is 2. The summed E-state index contributed by atoms with van der Waals surface area (Å²) >= 11 is 0. The number of carbonyl (C=O) groups excluding carboxylic acids is 2. The lowest BCUT2D eigenvalue weighted by atomic mass is 10.0. The van der Waals surface area contributed by atoms with E-state index in [4.69, 9.17) is 4.74 Å². The first-order valence-corrected chi connectivity index (χ1v) is 10.5. The molecule has 2 aliphatic heterocycles. The molecule has 2 aromatic carbocycles. The molecular weight excluding hydrogens is 425 g/mol. The van der Waals surface area contributed by atoms with Gasteiger partial charge in [0.15, 0.2) is 0 Å². The van der Waals surface area contributed by atoms with E-state index < -0.39 is 6.36 Å². The van der Waals surface area contributed by atoms with Crippen LogP contribution < -0.4 is 4.74 Å². The molecule has 2 aliphatic rings. The van der Waals surface area contributed by atoms with E-state index in [0.717, 1.165) is 12.8 Å². The van der Waals surface area contributed by atoms with E-state index in [1.54, 1.807) is 40.1 Å². The van der Waals surface area contributed by atoms with Gasteiger partial charge in [0.05, 0.1) is 0 Å². The van der Waals surface area contributed by atoms with Gasteiger partial charge in [-0.25, -0.2) is 0 Å². The lowest BCUT2D eigenvalue weighted by Crippen LogP contribution is -2.52. The van der Waals surface area contributed by atoms with Crippen LogP contribution in [0.15, 0.2) is 48.5 Å². The highest BCUT2D eigenvalue weighted by molar-refractivity contribution is 5.95. The number of rotatable bonds is 4. The Morgan fingerprint density at radius 3 is 2.22 bits per heavy atom. The molecule has 2 fully saturated rings. The summed E-state index contributed by atoms with van der Waals surface area (Å²) in [6, 6.07) is 12.2. The lowest BCUT2D eigenvalue weighted by Gasteiger charge is -2.35. The van der Waals surface area contributed by atoms with Crippen LogP contribution in [0.1, 0.15) is 23.2 Å². The maximum Gasteiger partial charge on any atom is 0.573 e. The van der Waals surface area contributed by atoms with Crippen LogP contribution in [0.3, 0.4) is 0 Å². The Balaban J connectivity index is 1.40. The van der Waals surface area contributed by atoms with Crippen LogP contribution in [0.2, 0.25) is 0 Å². The van der Waals surface area contributed by atoms with Crippen molar-refractivity contribution in [2.75, 3.05) is 32.8 Å². The number of piperazine rings is 1. The van der Waals surface area contributed by atoms with E-state index in [1.165, 1.54) is 18.2 Å². The van der Waals surface area contributed by atoms with Gasteiger partial charge in [0.1, 0.15) is 11.9 Å². The molecule has 0 saturated carbocycles. The van der Waals surface area contributed by atoms with Gasteiger partial charge in [-0.3, -0.25) is 9.59 Å². The molecule has 2 saturated heterocycles. The second-order valence-corrected chi connectivity index (χ2v) is 7.74. The summed E-state index contributed by atoms with van der Waals surface area (Å²) in [5.41, 5.74) is 1.22. The van der Waals surface area contributed by atoms with E-state index in [-0.39, 0.29) is 29.2 Å². The molecule has 4 rings (SSSR count). The summed E-state index contributed by atoms with van der Waals surface area (Å²) in [5, 5.41) is 0. The molecule has 2 aromatic rings. The number of alkyl halides is 3. The second kappa shape index (κ2) is 9.20. The van der Waals surface area contributed by atoms with Gasteiger partial charge in [-0.1, -0.05) is 30.3 Å². The first-order valence-electron chi connectivity index (χ1n) is 10.5. The fraction of sp³-hybridized carbons (Fsp3) is 0.391. The molecule has 0 bridgehead atoms. The highest BCUT2D eigenvalue weighted by Crippen LogP contribution is 2.33. The van der Waals surface area contributed by atoms with Crippen molar-refractivity contribution >= 4 is 11.8 Å². The third-order valence-corrected chi connectivity index (χ3v) is 5.64. The molecule has 2 amide bonds. The molecule has 170 valence electrons. The maximum absolute atomic E-state index is 12.9. The minimum absolute atomic E-state index is 0.0151. The Bertz CT molecular complexity index is 964. The van der Waals surface area contributed by atoms with Gasteiger partial charge in [-0.15, -0.1) is 13.2 Å². The summed E-state index contributed by atoms with van der Waals surface area (Å²) in [4.78, 5) is 28.7. The van der Waals surface area contributed by atoms with Crippen LogP contribution in [0.4, 0.5) is 13.2 Å². The molecule has 0 radical (unpaired) electrons. The largest absolute Gasteiger partial charge is 0.573 e. The smallest absolute Gasteiger partial charge is 0.405 e. The number of benzene rings is 2. The molecule has 6 nitrogen and oxygen atoms in total. The normalized spacial score (nSPS) is 19.2. The molecule has 2 heterocycles. The minimum atomic E-state index is -4.79. The van der Waals surface area contributed by atoms with E-state index in [1.807, 2.05) is 0 Å². The summed E-state index contributed by atoms with van der Waals surface area (Å²) in [6.07, 6.45) is -3.53. The monoisotopic (exact) mass is 448 g/mol. The van der Waals surface area contributed by atoms with Gasteiger partial charge in [0.2, 0.25) is 0 Å². The predicted octanol–water partition coefficient (Wildman–Crippen LogP) is 3.72. The Morgan fingerprint density at radius 2 is 1.59 bits per heavy atom. The highest BCUT2D eigenvalue weighted by Gasteiger charge is 2.33. The van der Waals surface area contributed by atoms with Crippen molar-refractivity contribution in [2.24, 2.45) is 0 Å². The molecule has 1 atom stereocenters. The summed E-state index contributed by atoms with van der Waals surface area (Å²) in [5.74, 6) is -0.495. The second-order valence-electron chi connectivity index (χ2n) is 7.74. The van der Waals surface area contributed by atoms with Crippen molar-refractivity contribution < 1.29 is 32.2 Å². The molecule has 0 aromatic heterocycles. The quantitative estimate of drug-likeness (QED) is 0.716. The number of nitrogens with zero attached hydrogens (tertiary/aromatic N) is 2. The molecule has 0 aliphatic carbocycles. The zero-order valence-electron chi connectivity index (χ0n) is 17.3. The Kier molecular flexibility index (Phi) is 6.36. The number of ether oxygens (including phenoxy) is 2. The van der Waals surface area contributed by atoms with Gasteiger partial charge in [-0.2, -0.15) is 0 Å². The first kappa shape index (κ1) is 22.1. The number of para-hydroxylation sites is 1. The van der Waals surface area contributed by atoms with Gasteiger partial charge in [-0.05, 0) is 36.6 Å². The topological polar surface area (TPSA) is 59.1 Å². The zero-order valence-corrected chi connectivity index (χ0v) is 17.3. The van der Waals surface area contributed by atoms with Gasteiger partial charge < -0.3 is 19.3 Å². The average Bonchev–Trinajstić information content (AvgIpc) is 3.33. The van der Waals surface area contributed by atoms with Gasteiger partial charge >= 0.3 is 6.36 Å². The highest BCUT2D eigenvalue weighted by atomic mass is 19.4. The summed E-state index contributed by atoms with van der Waals surface area (Å²) in [7, 11) is 0. The fourth-order valence-electron chi connectivity index (χ4n) is 4.00. The SMILES string of the molecule is O=C(c1ccc(-c2ccccc2OC(F)(F)F)cc1)N1CCN(C(=O)[C@@H]2CCCO2)CC1. The number of hydrogen-bond donors (Lipinski definition) is 0. The third kappa shape index (κ3) is 5.04. The first-order chi connectivity index (χ1) is 15.3. The van der Waals surface area contributed by atoms with Crippen molar-refractivity contribution in [3.8, 4) is 16.9 Å². The maximum atomic E-state index is 12.9. The molecule has 0 N–H and O–H groups in total. The molecular formula is C23H23F3N2O4. The zero-order chi connectivity index (χ0) is 22.7. The van der Waals surface area contributed by atoms with Crippen molar-refractivity contribution in [2.45, 2.75) is 25.3 Å². The van der Waals surface area contributed by atoms with Crippen molar-refractivity contribution in [3.05, 3.63) is 54.1 Å². The van der Waals surface area contributed by atoms with Crippen LogP contribution in [-0.4, -0.2) is 66.9 Å². The van der Waals surface area contributed by atoms with Gasteiger partial charge in [0.25, 0.3) is 11.8 Å². The summed E-state index contributed by atoms with van der Waals surface area (Å²) in [6.45, 7) is 2.34. The predicted molar refractivity (Wildman–Crippen MR) is 110 cm³/mol. The van der Waals surface area contributed by atoms with Crippen molar-refractivity contribution in [1.29, 1.82) is 0 Å². The van der Waals surface area contributed by atoms with E-state index in [9.17, 15) is 22.8 Å². The minimum Gasteiger partial charge on any atom is -0.405 e. The lowest BCUT2D eigenvalue weighted by molar-refractivity contribution is -0.274. The average molecular weight is 448 g/mol. The van der Waals surface area contributed by atoms with E-state index in [2.05, 4.69) is 4.74 Å². The van der Waals surface area contributed by atoms with E-state index >= 15 is 0 Å². The molecule has 0 unspecified atom stereocenters. The molecule has 32 heavy (non-hydrogen) atoms. The Hall–Kier alpha value is -3.07. The molecule has 0 spiro atoms. The third-order valence-electron chi connectivity index (χ3n) is 5.64. The van der Waals surface area contributed by atoms with Crippen molar-refractivity contribution in [1.82, 2.24) is 9.80 Å². The van der Waals surface area contributed by atoms with Crippen LogP contribution in [-0.2, 0) is 9.53 Å². The Morgan fingerprint density at radius 1 is 0.938 bits per heavy atom. The summed E-state index contributed by atoms with van der Waals surface area (Å²) < 4.78 is 47.6. The van der Waals surface area contributed by atoms with Crippen LogP contribution in [0.5, 0.6) is 5.75 Å². The standard InChI is InChI=1S/C23H23F3N2O4/c24-23(25,26)32-19-5-2-1-4-18(19)16-7-9-17(10-8-16)21(29)27-11-13-28(14-12-27)22(30)20-6-3-15-31-20/h1-2,4-5,7-10,20H,3,6,11-15H2/t20-/m0/s1. The van der Waals surface area contributed by atoms with Crippen LogP contribution in [0, 0.1) is 0 Å². The van der Waals surface area contributed by atoms with Crippen LogP contribution in [0.25, 0.3) is 11.1 Å². The Labute approximate surface area is 183 Å². The van der Waals surface area contributed by atoms with Gasteiger partial charge in [0, 0.05) is 43.9 Å². The molecule has 9 heteroatoms. The van der Waals surface area contributed by atoms with Crippen molar-refractivity contribution in [3.63, 3.8) is 0 Å².